The average Bonchev–Trinajstić information content (AvgIpc) is 2.91. The molecule has 1 fully saturated rings. The van der Waals surface area contributed by atoms with Gasteiger partial charge in [-0.3, -0.25) is 4.79 Å². The number of fused-ring (bicyclic) bond motifs is 1. The summed E-state index contributed by atoms with van der Waals surface area (Å²) < 4.78 is 6.10. The fourth-order valence-electron chi connectivity index (χ4n) is 4.65. The minimum absolute atomic E-state index is 0.0410. The molecule has 184 valence electrons. The highest BCUT2D eigenvalue weighted by Gasteiger charge is 2.47. The molecule has 1 amide bonds. The van der Waals surface area contributed by atoms with E-state index in [-0.39, 0.29) is 23.9 Å². The van der Waals surface area contributed by atoms with Crippen LogP contribution in [0.3, 0.4) is 0 Å². The van der Waals surface area contributed by atoms with Gasteiger partial charge in [0.25, 0.3) is 0 Å². The van der Waals surface area contributed by atoms with Gasteiger partial charge in [0.05, 0.1) is 24.4 Å². The number of amides is 1. The van der Waals surface area contributed by atoms with Gasteiger partial charge >= 0.3 is 5.97 Å². The van der Waals surface area contributed by atoms with E-state index in [0.29, 0.717) is 30.0 Å². The molecule has 2 heterocycles. The van der Waals surface area contributed by atoms with Crippen molar-refractivity contribution in [3.63, 3.8) is 0 Å². The highest BCUT2D eigenvalue weighted by Crippen LogP contribution is 2.40. The van der Waals surface area contributed by atoms with Gasteiger partial charge in [-0.25, -0.2) is 4.79 Å². The quantitative estimate of drug-likeness (QED) is 0.460. The lowest BCUT2D eigenvalue weighted by Gasteiger charge is -2.52. The molecule has 2 aliphatic heterocycles. The maximum absolute atomic E-state index is 13.6. The van der Waals surface area contributed by atoms with E-state index in [1.54, 1.807) is 11.8 Å². The summed E-state index contributed by atoms with van der Waals surface area (Å²) >= 11 is 1.62. The monoisotopic (exact) mass is 500 g/mol. The number of benzene rings is 3. The van der Waals surface area contributed by atoms with Gasteiger partial charge in [-0.05, 0) is 22.3 Å². The molecule has 2 unspecified atom stereocenters. The summed E-state index contributed by atoms with van der Waals surface area (Å²) in [5, 5.41) is 13.0. The van der Waals surface area contributed by atoms with Gasteiger partial charge in [0.1, 0.15) is 5.70 Å². The maximum atomic E-state index is 13.6. The number of hydrogen-bond acceptors (Lipinski definition) is 6. The number of nitrogens with one attached hydrogen (secondary N) is 1. The van der Waals surface area contributed by atoms with E-state index >= 15 is 0 Å². The number of hydrogen-bond donors (Lipinski definition) is 2. The molecule has 0 aromatic heterocycles. The minimum Gasteiger partial charge on any atom is -0.448 e. The lowest BCUT2D eigenvalue weighted by Crippen LogP contribution is -2.67. The molecule has 5 rings (SSSR count). The lowest BCUT2D eigenvalue weighted by atomic mass is 10.0. The van der Waals surface area contributed by atoms with Gasteiger partial charge in [0.15, 0.2) is 6.10 Å². The second-order valence-corrected chi connectivity index (χ2v) is 10.0. The number of carbonyl (C=O) groups is 2. The molecule has 2 atom stereocenters. The zero-order chi connectivity index (χ0) is 24.9. The SMILES string of the molecule is O=C(Cc1ccccc1)NC1CN2C(C(=O)OC(c3ccccc3)c3ccccc3)=C(CO)CSC12. The van der Waals surface area contributed by atoms with Crippen molar-refractivity contribution >= 4 is 23.6 Å². The van der Waals surface area contributed by atoms with E-state index in [2.05, 4.69) is 5.32 Å². The molecule has 2 N–H and O–H groups in total. The van der Waals surface area contributed by atoms with E-state index in [1.807, 2.05) is 95.9 Å². The second-order valence-electron chi connectivity index (χ2n) is 8.91. The number of thioether (sulfide) groups is 1. The van der Waals surface area contributed by atoms with Gasteiger partial charge in [0.2, 0.25) is 5.91 Å². The zero-order valence-electron chi connectivity index (χ0n) is 19.7. The Kier molecular flexibility index (Phi) is 7.39. The number of aliphatic hydroxyl groups excluding tert-OH is 1. The van der Waals surface area contributed by atoms with Gasteiger partial charge in [-0.1, -0.05) is 91.0 Å². The summed E-state index contributed by atoms with van der Waals surface area (Å²) in [6.07, 6.45) is -0.250. The molecule has 3 aromatic carbocycles. The smallest absolute Gasteiger partial charge is 0.355 e. The zero-order valence-corrected chi connectivity index (χ0v) is 20.6. The van der Waals surface area contributed by atoms with Crippen LogP contribution in [0, 0.1) is 0 Å². The van der Waals surface area contributed by atoms with Crippen LogP contribution in [0.15, 0.2) is 102 Å². The first-order valence-electron chi connectivity index (χ1n) is 12.0. The third-order valence-electron chi connectivity index (χ3n) is 6.46. The van der Waals surface area contributed by atoms with E-state index in [9.17, 15) is 14.7 Å². The molecule has 7 heteroatoms. The topological polar surface area (TPSA) is 78.9 Å². The summed E-state index contributed by atoms with van der Waals surface area (Å²) in [4.78, 5) is 28.1. The Morgan fingerprint density at radius 1 is 0.944 bits per heavy atom. The van der Waals surface area contributed by atoms with Crippen LogP contribution in [0.25, 0.3) is 0 Å². The summed E-state index contributed by atoms with van der Waals surface area (Å²) in [5.74, 6) is 0.00551. The fraction of sp³-hybridized carbons (Fsp3) is 0.241. The lowest BCUT2D eigenvalue weighted by molar-refractivity contribution is -0.146. The van der Waals surface area contributed by atoms with Crippen molar-refractivity contribution in [2.45, 2.75) is 23.9 Å². The van der Waals surface area contributed by atoms with Gasteiger partial charge < -0.3 is 20.1 Å². The van der Waals surface area contributed by atoms with Crippen molar-refractivity contribution in [2.75, 3.05) is 18.9 Å². The second kappa shape index (κ2) is 11.0. The minimum atomic E-state index is -0.567. The third kappa shape index (κ3) is 5.17. The molecule has 6 nitrogen and oxygen atoms in total. The molecule has 2 aliphatic rings. The molecule has 0 spiro atoms. The van der Waals surface area contributed by atoms with Gasteiger partial charge in [-0.2, -0.15) is 0 Å². The first-order valence-corrected chi connectivity index (χ1v) is 13.0. The highest BCUT2D eigenvalue weighted by atomic mass is 32.2. The van der Waals surface area contributed by atoms with Crippen LogP contribution < -0.4 is 5.32 Å². The van der Waals surface area contributed by atoms with Gasteiger partial charge in [0, 0.05) is 12.3 Å². The van der Waals surface area contributed by atoms with Crippen molar-refractivity contribution in [2.24, 2.45) is 0 Å². The number of nitrogens with zero attached hydrogens (tertiary/aromatic N) is 1. The molecular weight excluding hydrogens is 472 g/mol. The van der Waals surface area contributed by atoms with E-state index in [0.717, 1.165) is 16.7 Å². The number of aliphatic hydroxyl groups is 1. The number of ether oxygens (including phenoxy) is 1. The Bertz CT molecular complexity index is 1190. The number of esters is 1. The third-order valence-corrected chi connectivity index (χ3v) is 7.90. The summed E-state index contributed by atoms with van der Waals surface area (Å²) in [6, 6.07) is 28.8. The summed E-state index contributed by atoms with van der Waals surface area (Å²) in [7, 11) is 0. The Morgan fingerprint density at radius 2 is 1.53 bits per heavy atom. The van der Waals surface area contributed by atoms with E-state index in [1.165, 1.54) is 0 Å². The van der Waals surface area contributed by atoms with Crippen LogP contribution in [-0.2, 0) is 20.7 Å². The molecule has 3 aromatic rings. The van der Waals surface area contributed by atoms with Crippen molar-refractivity contribution < 1.29 is 19.4 Å². The molecule has 36 heavy (non-hydrogen) atoms. The van der Waals surface area contributed by atoms with Crippen LogP contribution >= 0.6 is 11.8 Å². The van der Waals surface area contributed by atoms with Gasteiger partial charge in [-0.15, -0.1) is 11.8 Å². The number of rotatable bonds is 8. The van der Waals surface area contributed by atoms with Crippen LogP contribution in [0.2, 0.25) is 0 Å². The first-order chi connectivity index (χ1) is 17.6. The van der Waals surface area contributed by atoms with Crippen molar-refractivity contribution in [3.05, 3.63) is 119 Å². The maximum Gasteiger partial charge on any atom is 0.355 e. The normalized spacial score (nSPS) is 18.9. The van der Waals surface area contributed by atoms with Crippen molar-refractivity contribution in [3.8, 4) is 0 Å². The molecule has 0 aliphatic carbocycles. The van der Waals surface area contributed by atoms with Crippen LogP contribution in [0.4, 0.5) is 0 Å². The predicted molar refractivity (Wildman–Crippen MR) is 140 cm³/mol. The first kappa shape index (κ1) is 24.2. The molecule has 0 saturated carbocycles. The molecule has 0 bridgehead atoms. The van der Waals surface area contributed by atoms with Crippen molar-refractivity contribution in [1.29, 1.82) is 0 Å². The Balaban J connectivity index is 1.31. The molecule has 0 radical (unpaired) electrons. The molecule has 1 saturated heterocycles. The van der Waals surface area contributed by atoms with Crippen molar-refractivity contribution in [1.82, 2.24) is 10.2 Å². The largest absolute Gasteiger partial charge is 0.448 e. The Morgan fingerprint density at radius 3 is 2.11 bits per heavy atom. The predicted octanol–water partition coefficient (Wildman–Crippen LogP) is 3.68. The average molecular weight is 501 g/mol. The fourth-order valence-corrected chi connectivity index (χ4v) is 6.01. The number of carbonyl (C=O) groups excluding carboxylic acids is 2. The highest BCUT2D eigenvalue weighted by molar-refractivity contribution is 8.00. The standard InChI is InChI=1S/C29H28N2O4S/c32-18-23-19-36-28-24(30-25(33)16-20-10-4-1-5-11-20)17-31(28)26(23)29(34)35-27(21-12-6-2-7-13-21)22-14-8-3-9-15-22/h1-15,24,27-28,32H,16-19H2,(H,30,33). The summed E-state index contributed by atoms with van der Waals surface area (Å²) in [6.45, 7) is 0.278. The Hall–Kier alpha value is -3.55. The van der Waals surface area contributed by atoms with Crippen LogP contribution in [0.1, 0.15) is 22.8 Å². The van der Waals surface area contributed by atoms with E-state index < -0.39 is 12.1 Å². The Labute approximate surface area is 215 Å². The molecular formula is C29H28N2O4S. The van der Waals surface area contributed by atoms with Crippen LogP contribution in [-0.4, -0.2) is 52.2 Å². The summed E-state index contributed by atoms with van der Waals surface area (Å²) in [5.41, 5.74) is 3.77. The van der Waals surface area contributed by atoms with E-state index in [4.69, 9.17) is 4.74 Å². The van der Waals surface area contributed by atoms with Crippen LogP contribution in [0.5, 0.6) is 0 Å².